The molecule has 0 unspecified atom stereocenters. The third kappa shape index (κ3) is 4.71. The molecule has 4 nitrogen and oxygen atoms in total. The molecular formula is C5H8N2O2. The molecule has 0 fully saturated rings. The highest BCUT2D eigenvalue weighted by molar-refractivity contribution is 6.20. The monoisotopic (exact) mass is 128 g/mol. The summed E-state index contributed by atoms with van der Waals surface area (Å²) in [5, 5.41) is 0. The molecule has 0 heterocycles. The van der Waals surface area contributed by atoms with E-state index in [9.17, 15) is 4.79 Å². The first-order valence-electron chi connectivity index (χ1n) is 2.55. The van der Waals surface area contributed by atoms with Gasteiger partial charge in [-0.1, -0.05) is 0 Å². The number of rotatable bonds is 2. The van der Waals surface area contributed by atoms with Crippen LogP contribution in [0.3, 0.4) is 0 Å². The van der Waals surface area contributed by atoms with Gasteiger partial charge in [0, 0.05) is 0 Å². The summed E-state index contributed by atoms with van der Waals surface area (Å²) in [5.74, 6) is -0.632. The molecule has 9 heavy (non-hydrogen) atoms. The molecule has 0 aliphatic carbocycles. The summed E-state index contributed by atoms with van der Waals surface area (Å²) in [6.45, 7) is 3.42. The molecule has 0 amide bonds. The van der Waals surface area contributed by atoms with Crippen molar-refractivity contribution in [1.82, 2.24) is 0 Å². The fourth-order valence-corrected chi connectivity index (χ4v) is 0.310. The number of hydrogen-bond donors (Lipinski definition) is 0. The van der Waals surface area contributed by atoms with Crippen LogP contribution in [0.25, 0.3) is 5.53 Å². The molecule has 0 rings (SSSR count). The van der Waals surface area contributed by atoms with Crippen LogP contribution >= 0.6 is 0 Å². The smallest absolute Gasteiger partial charge is 0.413 e. The molecular weight excluding hydrogens is 120 g/mol. The number of hydrogen-bond acceptors (Lipinski definition) is 2. The summed E-state index contributed by atoms with van der Waals surface area (Å²) in [4.78, 5) is 12.8. The Morgan fingerprint density at radius 2 is 2.33 bits per heavy atom. The Bertz CT molecular complexity index is 147. The first-order chi connectivity index (χ1) is 4.16. The van der Waals surface area contributed by atoms with Gasteiger partial charge in [0.2, 0.25) is 0 Å². The topological polar surface area (TPSA) is 62.7 Å². The van der Waals surface area contributed by atoms with Crippen molar-refractivity contribution in [3.05, 3.63) is 5.53 Å². The minimum atomic E-state index is -0.632. The minimum Gasteiger partial charge on any atom is -0.455 e. The lowest BCUT2D eigenvalue weighted by atomic mass is 10.5. The van der Waals surface area contributed by atoms with E-state index in [0.717, 1.165) is 0 Å². The predicted molar refractivity (Wildman–Crippen MR) is 30.9 cm³/mol. The van der Waals surface area contributed by atoms with Crippen LogP contribution in [0.2, 0.25) is 0 Å². The van der Waals surface area contributed by atoms with Gasteiger partial charge in [0.1, 0.15) is 0 Å². The van der Waals surface area contributed by atoms with E-state index in [0.29, 0.717) is 6.21 Å². The summed E-state index contributed by atoms with van der Waals surface area (Å²) in [6, 6.07) is 0. The van der Waals surface area contributed by atoms with Gasteiger partial charge >= 0.3 is 12.2 Å². The highest BCUT2D eigenvalue weighted by atomic mass is 16.5. The molecule has 0 saturated heterocycles. The number of carbonyl (C=O) groups excluding carboxylic acids is 1. The first kappa shape index (κ1) is 7.85. The maximum atomic E-state index is 10.3. The average molecular weight is 128 g/mol. The van der Waals surface area contributed by atoms with Gasteiger partial charge in [0.25, 0.3) is 0 Å². The Morgan fingerprint density at radius 3 is 2.67 bits per heavy atom. The lowest BCUT2D eigenvalue weighted by Crippen LogP contribution is -2.12. The van der Waals surface area contributed by atoms with Crippen LogP contribution in [0, 0.1) is 0 Å². The van der Waals surface area contributed by atoms with Crippen LogP contribution in [-0.2, 0) is 9.53 Å². The number of nitrogens with zero attached hydrogens (tertiary/aromatic N) is 2. The molecule has 0 aromatic heterocycles. The van der Waals surface area contributed by atoms with E-state index in [1.165, 1.54) is 0 Å². The van der Waals surface area contributed by atoms with Gasteiger partial charge < -0.3 is 10.3 Å². The van der Waals surface area contributed by atoms with E-state index in [1.54, 1.807) is 13.8 Å². The fraction of sp³-hybridized carbons (Fsp3) is 0.600. The van der Waals surface area contributed by atoms with Gasteiger partial charge in [-0.05, 0) is 13.8 Å². The molecule has 0 aliphatic heterocycles. The van der Waals surface area contributed by atoms with Crippen molar-refractivity contribution in [3.8, 4) is 0 Å². The van der Waals surface area contributed by atoms with E-state index in [-0.39, 0.29) is 6.10 Å². The fourth-order valence-electron chi connectivity index (χ4n) is 0.310. The average Bonchev–Trinajstić information content (AvgIpc) is 1.63. The molecule has 0 N–H and O–H groups in total. The molecule has 0 radical (unpaired) electrons. The normalized spacial score (nSPS) is 8.33. The second-order valence-corrected chi connectivity index (χ2v) is 1.73. The molecule has 0 aliphatic rings. The van der Waals surface area contributed by atoms with E-state index >= 15 is 0 Å². The summed E-state index contributed by atoms with van der Waals surface area (Å²) < 4.78 is 4.54. The number of carbonyl (C=O) groups is 1. The Morgan fingerprint density at radius 1 is 1.78 bits per heavy atom. The zero-order valence-electron chi connectivity index (χ0n) is 5.37. The SMILES string of the molecule is CC(C)OC(=O)C=[N+]=[N-]. The summed E-state index contributed by atoms with van der Waals surface area (Å²) in [6.07, 6.45) is 0.537. The van der Waals surface area contributed by atoms with Crippen LogP contribution in [0.15, 0.2) is 0 Å². The summed E-state index contributed by atoms with van der Waals surface area (Å²) in [7, 11) is 0. The third-order valence-corrected chi connectivity index (χ3v) is 0.515. The predicted octanol–water partition coefficient (Wildman–Crippen LogP) is 0.239. The quantitative estimate of drug-likeness (QED) is 0.231. The van der Waals surface area contributed by atoms with Crippen molar-refractivity contribution in [2.24, 2.45) is 0 Å². The Labute approximate surface area is 53.1 Å². The van der Waals surface area contributed by atoms with Crippen LogP contribution in [0.5, 0.6) is 0 Å². The first-order valence-corrected chi connectivity index (χ1v) is 2.55. The Kier molecular flexibility index (Phi) is 3.32. The highest BCUT2D eigenvalue weighted by Gasteiger charge is 2.03. The van der Waals surface area contributed by atoms with Crippen LogP contribution in [-0.4, -0.2) is 23.1 Å². The molecule has 0 spiro atoms. The standard InChI is InChI=1S/C5H8N2O2/c1-4(2)9-5(8)3-7-6/h3-4H,1-2H3. The lowest BCUT2D eigenvalue weighted by molar-refractivity contribution is -0.142. The third-order valence-electron chi connectivity index (χ3n) is 0.515. The lowest BCUT2D eigenvalue weighted by Gasteiger charge is -1.99. The molecule has 4 heteroatoms. The van der Waals surface area contributed by atoms with E-state index in [1.807, 2.05) is 0 Å². The van der Waals surface area contributed by atoms with Gasteiger partial charge in [-0.25, -0.2) is 4.79 Å². The zero-order valence-corrected chi connectivity index (χ0v) is 5.37. The van der Waals surface area contributed by atoms with Gasteiger partial charge in [0.15, 0.2) is 0 Å². The zero-order chi connectivity index (χ0) is 7.28. The minimum absolute atomic E-state index is 0.171. The second-order valence-electron chi connectivity index (χ2n) is 1.73. The van der Waals surface area contributed by atoms with Crippen molar-refractivity contribution < 1.29 is 14.3 Å². The molecule has 50 valence electrons. The van der Waals surface area contributed by atoms with Crippen LogP contribution < -0.4 is 0 Å². The van der Waals surface area contributed by atoms with Crippen LogP contribution in [0.4, 0.5) is 0 Å². The van der Waals surface area contributed by atoms with Crippen molar-refractivity contribution in [1.29, 1.82) is 0 Å². The van der Waals surface area contributed by atoms with Gasteiger partial charge in [-0.2, -0.15) is 4.79 Å². The summed E-state index contributed by atoms with van der Waals surface area (Å²) >= 11 is 0. The molecule has 0 bridgehead atoms. The van der Waals surface area contributed by atoms with E-state index in [4.69, 9.17) is 5.53 Å². The molecule has 0 aromatic carbocycles. The van der Waals surface area contributed by atoms with Crippen molar-refractivity contribution in [2.45, 2.75) is 20.0 Å². The van der Waals surface area contributed by atoms with Gasteiger partial charge in [0.05, 0.1) is 6.10 Å². The van der Waals surface area contributed by atoms with Gasteiger partial charge in [-0.15, -0.1) is 0 Å². The molecule has 0 saturated carbocycles. The van der Waals surface area contributed by atoms with Crippen LogP contribution in [0.1, 0.15) is 13.8 Å². The van der Waals surface area contributed by atoms with Crippen molar-refractivity contribution in [2.75, 3.05) is 0 Å². The summed E-state index contributed by atoms with van der Waals surface area (Å²) in [5.41, 5.74) is 7.82. The Balaban J connectivity index is 3.64. The van der Waals surface area contributed by atoms with E-state index < -0.39 is 5.97 Å². The van der Waals surface area contributed by atoms with Crippen molar-refractivity contribution in [3.63, 3.8) is 0 Å². The van der Waals surface area contributed by atoms with E-state index in [2.05, 4.69) is 9.53 Å². The molecule has 0 atom stereocenters. The number of esters is 1. The largest absolute Gasteiger partial charge is 0.455 e. The second kappa shape index (κ2) is 3.80. The van der Waals surface area contributed by atoms with Crippen molar-refractivity contribution >= 4 is 12.2 Å². The Hall–Kier alpha value is -1.15. The number of ether oxygens (including phenoxy) is 1. The maximum absolute atomic E-state index is 10.3. The molecule has 0 aromatic rings. The highest BCUT2D eigenvalue weighted by Crippen LogP contribution is 1.84. The maximum Gasteiger partial charge on any atom is 0.413 e. The van der Waals surface area contributed by atoms with Gasteiger partial charge in [-0.3, -0.25) is 0 Å².